The summed E-state index contributed by atoms with van der Waals surface area (Å²) < 4.78 is 23.1. The lowest BCUT2D eigenvalue weighted by molar-refractivity contribution is 0.0697. The summed E-state index contributed by atoms with van der Waals surface area (Å²) >= 11 is 6.08. The van der Waals surface area contributed by atoms with Crippen molar-refractivity contribution in [1.82, 2.24) is 4.90 Å². The lowest BCUT2D eigenvalue weighted by Gasteiger charge is -2.20. The lowest BCUT2D eigenvalue weighted by atomic mass is 10.1. The molecule has 0 radical (unpaired) electrons. The topological polar surface area (TPSA) is 74.7 Å². The Bertz CT molecular complexity index is 615. The van der Waals surface area contributed by atoms with Gasteiger partial charge in [0.15, 0.2) is 9.84 Å². The van der Waals surface area contributed by atoms with E-state index in [0.29, 0.717) is 31.1 Å². The van der Waals surface area contributed by atoms with E-state index in [1.54, 1.807) is 6.07 Å². The highest BCUT2D eigenvalue weighted by Crippen LogP contribution is 2.20. The Hall–Kier alpha value is -1.11. The molecule has 1 aromatic carbocycles. The van der Waals surface area contributed by atoms with E-state index < -0.39 is 15.8 Å². The minimum absolute atomic E-state index is 0.150. The maximum absolute atomic E-state index is 11.5. The fraction of sp³-hybridized carbons (Fsp3) is 0.462. The normalized spacial score (nSPS) is 19.4. The van der Waals surface area contributed by atoms with E-state index in [1.165, 1.54) is 12.1 Å². The van der Waals surface area contributed by atoms with Crippen molar-refractivity contribution in [3.63, 3.8) is 0 Å². The van der Waals surface area contributed by atoms with E-state index in [0.717, 1.165) is 5.56 Å². The molecule has 110 valence electrons. The highest BCUT2D eigenvalue weighted by atomic mass is 35.5. The standard InChI is InChI=1S/C13H16ClNO4S/c14-12-8-10(13(16)17)2-3-11(12)9-15-4-1-6-20(18,19)7-5-15/h2-3,8H,1,4-7,9H2,(H,16,17). The van der Waals surface area contributed by atoms with Crippen LogP contribution in [0.5, 0.6) is 0 Å². The van der Waals surface area contributed by atoms with Crippen molar-refractivity contribution in [1.29, 1.82) is 0 Å². The first kappa shape index (κ1) is 15.3. The monoisotopic (exact) mass is 317 g/mol. The van der Waals surface area contributed by atoms with Crippen LogP contribution in [0.1, 0.15) is 22.3 Å². The van der Waals surface area contributed by atoms with Crippen LogP contribution in [0.25, 0.3) is 0 Å². The van der Waals surface area contributed by atoms with Gasteiger partial charge in [0.05, 0.1) is 17.1 Å². The molecule has 0 spiro atoms. The van der Waals surface area contributed by atoms with E-state index in [1.807, 2.05) is 4.90 Å². The molecular formula is C13H16ClNO4S. The minimum Gasteiger partial charge on any atom is -0.478 e. The average Bonchev–Trinajstić information content (AvgIpc) is 2.53. The van der Waals surface area contributed by atoms with Crippen LogP contribution in [-0.2, 0) is 16.4 Å². The van der Waals surface area contributed by atoms with Gasteiger partial charge in [-0.3, -0.25) is 4.90 Å². The van der Waals surface area contributed by atoms with Crippen LogP contribution in [0.2, 0.25) is 5.02 Å². The van der Waals surface area contributed by atoms with E-state index >= 15 is 0 Å². The van der Waals surface area contributed by atoms with E-state index in [9.17, 15) is 13.2 Å². The molecule has 1 aliphatic rings. The Morgan fingerprint density at radius 3 is 2.70 bits per heavy atom. The molecule has 1 saturated heterocycles. The van der Waals surface area contributed by atoms with Gasteiger partial charge in [-0.05, 0) is 30.7 Å². The van der Waals surface area contributed by atoms with Gasteiger partial charge in [0.1, 0.15) is 0 Å². The number of benzene rings is 1. The number of aromatic carboxylic acids is 1. The van der Waals surface area contributed by atoms with Crippen LogP contribution in [0.15, 0.2) is 18.2 Å². The summed E-state index contributed by atoms with van der Waals surface area (Å²) in [5, 5.41) is 9.28. The van der Waals surface area contributed by atoms with Crippen LogP contribution in [0.3, 0.4) is 0 Å². The molecule has 0 atom stereocenters. The fourth-order valence-corrected chi connectivity index (χ4v) is 3.75. The summed E-state index contributed by atoms with van der Waals surface area (Å²) in [4.78, 5) is 12.9. The molecule has 0 saturated carbocycles. The quantitative estimate of drug-likeness (QED) is 0.917. The van der Waals surface area contributed by atoms with Crippen molar-refractivity contribution in [2.75, 3.05) is 24.6 Å². The number of carboxylic acids is 1. The number of halogens is 1. The van der Waals surface area contributed by atoms with Crippen molar-refractivity contribution in [2.24, 2.45) is 0 Å². The zero-order valence-corrected chi connectivity index (χ0v) is 12.5. The summed E-state index contributed by atoms with van der Waals surface area (Å²) in [6.45, 7) is 1.73. The molecule has 0 aliphatic carbocycles. The third-order valence-corrected chi connectivity index (χ3v) is 5.41. The molecule has 0 aromatic heterocycles. The molecule has 7 heteroatoms. The van der Waals surface area contributed by atoms with Gasteiger partial charge in [0.25, 0.3) is 0 Å². The summed E-state index contributed by atoms with van der Waals surface area (Å²) in [5.41, 5.74) is 0.966. The Morgan fingerprint density at radius 2 is 2.05 bits per heavy atom. The van der Waals surface area contributed by atoms with Crippen LogP contribution in [0.4, 0.5) is 0 Å². The lowest BCUT2D eigenvalue weighted by Crippen LogP contribution is -2.26. The van der Waals surface area contributed by atoms with E-state index in [2.05, 4.69) is 0 Å². The van der Waals surface area contributed by atoms with Crippen LogP contribution in [0, 0.1) is 0 Å². The highest BCUT2D eigenvalue weighted by molar-refractivity contribution is 7.91. The first-order valence-corrected chi connectivity index (χ1v) is 8.52. The molecule has 0 unspecified atom stereocenters. The third kappa shape index (κ3) is 3.94. The Kier molecular flexibility index (Phi) is 4.67. The fourth-order valence-electron chi connectivity index (χ4n) is 2.20. The molecule has 1 N–H and O–H groups in total. The van der Waals surface area contributed by atoms with Crippen molar-refractivity contribution in [2.45, 2.75) is 13.0 Å². The third-order valence-electron chi connectivity index (χ3n) is 3.34. The van der Waals surface area contributed by atoms with Crippen LogP contribution in [-0.4, -0.2) is 49.0 Å². The van der Waals surface area contributed by atoms with Crippen molar-refractivity contribution in [3.8, 4) is 0 Å². The van der Waals surface area contributed by atoms with Crippen molar-refractivity contribution >= 4 is 27.4 Å². The Labute approximate surface area is 123 Å². The molecule has 2 rings (SSSR count). The Morgan fingerprint density at radius 1 is 1.30 bits per heavy atom. The predicted molar refractivity (Wildman–Crippen MR) is 77.0 cm³/mol. The second-order valence-corrected chi connectivity index (χ2v) is 7.60. The molecule has 1 aromatic rings. The molecule has 20 heavy (non-hydrogen) atoms. The van der Waals surface area contributed by atoms with Gasteiger partial charge in [-0.1, -0.05) is 17.7 Å². The number of hydrogen-bond acceptors (Lipinski definition) is 4. The first-order valence-electron chi connectivity index (χ1n) is 6.32. The average molecular weight is 318 g/mol. The number of rotatable bonds is 3. The van der Waals surface area contributed by atoms with E-state index in [-0.39, 0.29) is 17.1 Å². The van der Waals surface area contributed by atoms with Crippen molar-refractivity contribution in [3.05, 3.63) is 34.3 Å². The number of sulfone groups is 1. The van der Waals surface area contributed by atoms with Crippen molar-refractivity contribution < 1.29 is 18.3 Å². The van der Waals surface area contributed by atoms with Gasteiger partial charge in [-0.25, -0.2) is 13.2 Å². The SMILES string of the molecule is O=C(O)c1ccc(CN2CCCS(=O)(=O)CC2)c(Cl)c1. The smallest absolute Gasteiger partial charge is 0.335 e. The molecule has 0 amide bonds. The Balaban J connectivity index is 2.08. The summed E-state index contributed by atoms with van der Waals surface area (Å²) in [5.74, 6) is -0.619. The van der Waals surface area contributed by atoms with Crippen LogP contribution < -0.4 is 0 Å². The molecule has 1 aliphatic heterocycles. The first-order chi connectivity index (χ1) is 9.37. The summed E-state index contributed by atoms with van der Waals surface area (Å²) in [6, 6.07) is 4.62. The van der Waals surface area contributed by atoms with Gasteiger partial charge >= 0.3 is 5.97 Å². The second-order valence-electron chi connectivity index (χ2n) is 4.89. The summed E-state index contributed by atoms with van der Waals surface area (Å²) in [6.07, 6.45) is 0.618. The molecule has 5 nitrogen and oxygen atoms in total. The number of carboxylic acid groups (broad SMARTS) is 1. The van der Waals surface area contributed by atoms with E-state index in [4.69, 9.17) is 16.7 Å². The highest BCUT2D eigenvalue weighted by Gasteiger charge is 2.19. The van der Waals surface area contributed by atoms with Crippen LogP contribution >= 0.6 is 11.6 Å². The largest absolute Gasteiger partial charge is 0.478 e. The van der Waals surface area contributed by atoms with Gasteiger partial charge in [0, 0.05) is 18.1 Å². The van der Waals surface area contributed by atoms with Gasteiger partial charge in [0.2, 0.25) is 0 Å². The number of hydrogen-bond donors (Lipinski definition) is 1. The zero-order chi connectivity index (χ0) is 14.8. The molecule has 0 bridgehead atoms. The number of carbonyl (C=O) groups is 1. The van der Waals surface area contributed by atoms with Gasteiger partial charge in [-0.15, -0.1) is 0 Å². The predicted octanol–water partition coefficient (Wildman–Crippen LogP) is 1.66. The maximum atomic E-state index is 11.5. The maximum Gasteiger partial charge on any atom is 0.335 e. The number of nitrogens with zero attached hydrogens (tertiary/aromatic N) is 1. The second kappa shape index (κ2) is 6.11. The van der Waals surface area contributed by atoms with Gasteiger partial charge < -0.3 is 5.11 Å². The zero-order valence-electron chi connectivity index (χ0n) is 10.9. The summed E-state index contributed by atoms with van der Waals surface area (Å²) in [7, 11) is -2.92. The molecule has 1 heterocycles. The minimum atomic E-state index is -2.92. The molecule has 1 fully saturated rings. The van der Waals surface area contributed by atoms with Gasteiger partial charge in [-0.2, -0.15) is 0 Å². The molecular weight excluding hydrogens is 302 g/mol.